The van der Waals surface area contributed by atoms with Crippen LogP contribution in [-0.4, -0.2) is 14.5 Å². The first-order valence-corrected chi connectivity index (χ1v) is 5.67. The summed E-state index contributed by atoms with van der Waals surface area (Å²) in [7, 11) is 0. The maximum atomic E-state index is 13.3. The van der Waals surface area contributed by atoms with Gasteiger partial charge in [0, 0.05) is 11.6 Å². The number of hydrogen-bond donors (Lipinski definition) is 1. The molecule has 0 spiro atoms. The number of pyridine rings is 1. The topological polar surface area (TPSA) is 37.5 Å². The second-order valence-corrected chi connectivity index (χ2v) is 5.35. The number of aromatic nitrogens is 2. The summed E-state index contributed by atoms with van der Waals surface area (Å²) in [5.41, 5.74) is 1.94. The molecule has 0 radical (unpaired) electrons. The lowest BCUT2D eigenvalue weighted by Crippen LogP contribution is -2.16. The predicted octanol–water partition coefficient (Wildman–Crippen LogP) is 2.82. The largest absolute Gasteiger partial charge is 0.387 e. The molecule has 1 N–H and O–H groups in total. The van der Waals surface area contributed by atoms with Gasteiger partial charge in [0.2, 0.25) is 0 Å². The summed E-state index contributed by atoms with van der Waals surface area (Å²) in [6.07, 6.45) is 0.681. The number of fused-ring (bicyclic) bond motifs is 1. The Balaban J connectivity index is 2.81. The molecule has 0 amide bonds. The van der Waals surface area contributed by atoms with Gasteiger partial charge in [-0.3, -0.25) is 4.40 Å². The summed E-state index contributed by atoms with van der Waals surface area (Å²) >= 11 is 0. The minimum Gasteiger partial charge on any atom is -0.387 e. The molecule has 0 bridgehead atoms. The highest BCUT2D eigenvalue weighted by Gasteiger charge is 2.26. The minimum absolute atomic E-state index is 0.186. The number of imidazole rings is 1. The van der Waals surface area contributed by atoms with Gasteiger partial charge in [-0.15, -0.1) is 0 Å². The molecule has 92 valence electrons. The van der Waals surface area contributed by atoms with Crippen LogP contribution in [0, 0.1) is 5.82 Å². The second-order valence-electron chi connectivity index (χ2n) is 5.35. The SMILES string of the molecule is CC(O)c1c(C(C)(C)C)nc2ccc(F)cn12. The van der Waals surface area contributed by atoms with Gasteiger partial charge in [-0.1, -0.05) is 20.8 Å². The molecule has 0 aromatic carbocycles. The van der Waals surface area contributed by atoms with Crippen LogP contribution in [0.2, 0.25) is 0 Å². The van der Waals surface area contributed by atoms with Gasteiger partial charge in [0.1, 0.15) is 11.5 Å². The van der Waals surface area contributed by atoms with E-state index in [-0.39, 0.29) is 11.2 Å². The molecular formula is C13H17FN2O. The Labute approximate surface area is 99.9 Å². The number of hydrogen-bond acceptors (Lipinski definition) is 2. The lowest BCUT2D eigenvalue weighted by atomic mass is 9.89. The van der Waals surface area contributed by atoms with E-state index in [4.69, 9.17) is 0 Å². The lowest BCUT2D eigenvalue weighted by Gasteiger charge is -2.19. The Morgan fingerprint density at radius 2 is 2.00 bits per heavy atom. The molecule has 2 aromatic rings. The van der Waals surface area contributed by atoms with Crippen molar-refractivity contribution >= 4 is 5.65 Å². The summed E-state index contributed by atoms with van der Waals surface area (Å²) in [4.78, 5) is 4.48. The molecule has 0 saturated heterocycles. The van der Waals surface area contributed by atoms with E-state index < -0.39 is 6.10 Å². The quantitative estimate of drug-likeness (QED) is 0.826. The first-order chi connectivity index (χ1) is 7.80. The first-order valence-electron chi connectivity index (χ1n) is 5.67. The molecule has 2 rings (SSSR count). The number of nitrogens with zero attached hydrogens (tertiary/aromatic N) is 2. The van der Waals surface area contributed by atoms with Crippen LogP contribution < -0.4 is 0 Å². The van der Waals surface area contributed by atoms with Crippen LogP contribution >= 0.6 is 0 Å². The summed E-state index contributed by atoms with van der Waals surface area (Å²) < 4.78 is 14.9. The van der Waals surface area contributed by atoms with Crippen LogP contribution in [0.3, 0.4) is 0 Å². The van der Waals surface area contributed by atoms with Crippen LogP contribution in [0.5, 0.6) is 0 Å². The fourth-order valence-electron chi connectivity index (χ4n) is 1.99. The Morgan fingerprint density at radius 3 is 2.53 bits per heavy atom. The normalized spacial score (nSPS) is 14.2. The molecule has 4 heteroatoms. The van der Waals surface area contributed by atoms with Crippen molar-refractivity contribution in [2.75, 3.05) is 0 Å². The molecule has 0 aliphatic carbocycles. The average Bonchev–Trinajstić information content (AvgIpc) is 2.55. The van der Waals surface area contributed by atoms with Crippen LogP contribution in [0.15, 0.2) is 18.3 Å². The van der Waals surface area contributed by atoms with Gasteiger partial charge >= 0.3 is 0 Å². The van der Waals surface area contributed by atoms with E-state index in [9.17, 15) is 9.50 Å². The highest BCUT2D eigenvalue weighted by Crippen LogP contribution is 2.30. The van der Waals surface area contributed by atoms with Gasteiger partial charge in [0.25, 0.3) is 0 Å². The summed E-state index contributed by atoms with van der Waals surface area (Å²) in [6, 6.07) is 3.00. The van der Waals surface area contributed by atoms with Crippen LogP contribution in [0.25, 0.3) is 5.65 Å². The fraction of sp³-hybridized carbons (Fsp3) is 0.462. The Morgan fingerprint density at radius 1 is 1.35 bits per heavy atom. The van der Waals surface area contributed by atoms with Crippen molar-refractivity contribution in [3.8, 4) is 0 Å². The van der Waals surface area contributed by atoms with E-state index in [1.165, 1.54) is 12.3 Å². The minimum atomic E-state index is -0.680. The molecule has 17 heavy (non-hydrogen) atoms. The monoisotopic (exact) mass is 236 g/mol. The molecule has 2 heterocycles. The first kappa shape index (κ1) is 12.0. The second kappa shape index (κ2) is 3.81. The van der Waals surface area contributed by atoms with Crippen LogP contribution in [0.4, 0.5) is 4.39 Å². The predicted molar refractivity (Wildman–Crippen MR) is 64.5 cm³/mol. The Kier molecular flexibility index (Phi) is 2.70. The standard InChI is InChI=1S/C13H17FN2O/c1-8(17)11-12(13(2,3)4)15-10-6-5-9(14)7-16(10)11/h5-8,17H,1-4H3. The number of aliphatic hydroxyl groups is 1. The molecule has 2 aromatic heterocycles. The third-order valence-corrected chi connectivity index (χ3v) is 2.73. The van der Waals surface area contributed by atoms with Crippen molar-refractivity contribution in [3.05, 3.63) is 35.5 Å². The zero-order valence-electron chi connectivity index (χ0n) is 10.5. The number of aliphatic hydroxyl groups excluding tert-OH is 1. The third kappa shape index (κ3) is 2.05. The zero-order chi connectivity index (χ0) is 12.8. The molecule has 3 nitrogen and oxygen atoms in total. The smallest absolute Gasteiger partial charge is 0.139 e. The van der Waals surface area contributed by atoms with Gasteiger partial charge in [0.05, 0.1) is 17.5 Å². The highest BCUT2D eigenvalue weighted by atomic mass is 19.1. The van der Waals surface area contributed by atoms with Crippen LogP contribution in [-0.2, 0) is 5.41 Å². The van der Waals surface area contributed by atoms with E-state index in [0.29, 0.717) is 11.3 Å². The molecule has 1 atom stereocenters. The van der Waals surface area contributed by atoms with Crippen molar-refractivity contribution in [1.82, 2.24) is 9.38 Å². The maximum Gasteiger partial charge on any atom is 0.139 e. The third-order valence-electron chi connectivity index (χ3n) is 2.73. The Hall–Kier alpha value is -1.42. The Bertz CT molecular complexity index is 552. The van der Waals surface area contributed by atoms with Crippen molar-refractivity contribution in [2.45, 2.75) is 39.2 Å². The lowest BCUT2D eigenvalue weighted by molar-refractivity contribution is 0.190. The average molecular weight is 236 g/mol. The summed E-state index contributed by atoms with van der Waals surface area (Å²) in [6.45, 7) is 7.74. The van der Waals surface area contributed by atoms with E-state index in [1.54, 1.807) is 17.4 Å². The van der Waals surface area contributed by atoms with Crippen molar-refractivity contribution in [1.29, 1.82) is 0 Å². The summed E-state index contributed by atoms with van der Waals surface area (Å²) in [5.74, 6) is -0.336. The molecule has 0 saturated carbocycles. The number of rotatable bonds is 1. The van der Waals surface area contributed by atoms with Crippen LogP contribution in [0.1, 0.15) is 45.2 Å². The van der Waals surface area contributed by atoms with E-state index in [2.05, 4.69) is 4.98 Å². The molecule has 0 aliphatic heterocycles. The zero-order valence-corrected chi connectivity index (χ0v) is 10.5. The van der Waals surface area contributed by atoms with E-state index in [0.717, 1.165) is 5.69 Å². The highest BCUT2D eigenvalue weighted by molar-refractivity contribution is 5.45. The number of halogens is 1. The van der Waals surface area contributed by atoms with Gasteiger partial charge in [-0.05, 0) is 19.1 Å². The van der Waals surface area contributed by atoms with E-state index >= 15 is 0 Å². The summed E-state index contributed by atoms with van der Waals surface area (Å²) in [5, 5.41) is 9.86. The van der Waals surface area contributed by atoms with Gasteiger partial charge in [-0.25, -0.2) is 9.37 Å². The van der Waals surface area contributed by atoms with Crippen molar-refractivity contribution < 1.29 is 9.50 Å². The van der Waals surface area contributed by atoms with Gasteiger partial charge in [-0.2, -0.15) is 0 Å². The molecular weight excluding hydrogens is 219 g/mol. The molecule has 1 unspecified atom stereocenters. The maximum absolute atomic E-state index is 13.3. The van der Waals surface area contributed by atoms with E-state index in [1.807, 2.05) is 20.8 Å². The van der Waals surface area contributed by atoms with Gasteiger partial charge < -0.3 is 5.11 Å². The van der Waals surface area contributed by atoms with Gasteiger partial charge in [0.15, 0.2) is 0 Å². The molecule has 0 aliphatic rings. The fourth-order valence-corrected chi connectivity index (χ4v) is 1.99. The molecule has 0 fully saturated rings. The van der Waals surface area contributed by atoms with Crippen molar-refractivity contribution in [3.63, 3.8) is 0 Å². The van der Waals surface area contributed by atoms with Crippen molar-refractivity contribution in [2.24, 2.45) is 0 Å².